The molecule has 0 bridgehead atoms. The minimum atomic E-state index is -3.84. The molecule has 2 fully saturated rings. The minimum absolute atomic E-state index is 0.0181. The lowest BCUT2D eigenvalue weighted by Gasteiger charge is -2.42. The first-order chi connectivity index (χ1) is 18.5. The van der Waals surface area contributed by atoms with Gasteiger partial charge in [-0.2, -0.15) is 9.41 Å². The maximum Gasteiger partial charge on any atom is 0.340 e. The zero-order chi connectivity index (χ0) is 28.1. The molecule has 3 atom stereocenters. The Morgan fingerprint density at radius 2 is 1.97 bits per heavy atom. The number of benzene rings is 1. The van der Waals surface area contributed by atoms with Crippen molar-refractivity contribution in [2.24, 2.45) is 5.10 Å². The van der Waals surface area contributed by atoms with Crippen molar-refractivity contribution in [1.82, 2.24) is 24.0 Å². The molecule has 3 aliphatic heterocycles. The van der Waals surface area contributed by atoms with Crippen molar-refractivity contribution >= 4 is 60.2 Å². The predicted octanol–water partition coefficient (Wildman–Crippen LogP) is 2.57. The molecule has 0 aliphatic carbocycles. The van der Waals surface area contributed by atoms with Gasteiger partial charge in [0.2, 0.25) is 5.91 Å². The van der Waals surface area contributed by atoms with Crippen molar-refractivity contribution in [3.8, 4) is 12.3 Å². The van der Waals surface area contributed by atoms with E-state index in [1.807, 2.05) is 6.07 Å². The average molecular weight is 589 g/mol. The van der Waals surface area contributed by atoms with Gasteiger partial charge in [-0.15, -0.1) is 17.8 Å². The first kappa shape index (κ1) is 27.9. The molecule has 208 valence electrons. The van der Waals surface area contributed by atoms with Crippen LogP contribution in [0.25, 0.3) is 10.1 Å². The van der Waals surface area contributed by atoms with Crippen molar-refractivity contribution in [2.45, 2.75) is 41.4 Å². The topological polar surface area (TPSA) is 96.8 Å². The number of piperazine rings is 1. The monoisotopic (exact) mass is 588 g/mol. The van der Waals surface area contributed by atoms with Crippen LogP contribution in [0.2, 0.25) is 0 Å². The second-order valence-corrected chi connectivity index (χ2v) is 14.8. The van der Waals surface area contributed by atoms with Crippen LogP contribution in [0.4, 0.5) is 4.79 Å². The second-order valence-electron chi connectivity index (χ2n) is 10.2. The third-order valence-electron chi connectivity index (χ3n) is 7.55. The number of carbonyl (C=O) groups is 2. The summed E-state index contributed by atoms with van der Waals surface area (Å²) in [5.41, 5.74) is 0.687. The Morgan fingerprint density at radius 1 is 1.21 bits per heavy atom. The Bertz CT molecular complexity index is 1480. The summed E-state index contributed by atoms with van der Waals surface area (Å²) in [6.45, 7) is 2.92. The summed E-state index contributed by atoms with van der Waals surface area (Å²) in [6, 6.07) is 6.37. The highest BCUT2D eigenvalue weighted by molar-refractivity contribution is 8.14. The first-order valence-electron chi connectivity index (χ1n) is 12.8. The van der Waals surface area contributed by atoms with Crippen molar-refractivity contribution in [3.05, 3.63) is 29.8 Å². The molecule has 1 aromatic carbocycles. The number of sulfonamides is 1. The zero-order valence-electron chi connectivity index (χ0n) is 22.4. The first-order valence-corrected chi connectivity index (χ1v) is 15.9. The molecule has 1 aromatic heterocycles. The van der Waals surface area contributed by atoms with E-state index < -0.39 is 16.1 Å². The molecule has 3 amide bonds. The fourth-order valence-corrected chi connectivity index (χ4v) is 9.40. The normalized spacial score (nSPS) is 24.4. The minimum Gasteiger partial charge on any atom is -0.349 e. The lowest BCUT2D eigenvalue weighted by molar-refractivity contribution is -0.130. The molecule has 39 heavy (non-hydrogen) atoms. The Labute approximate surface area is 237 Å². The molecule has 5 rings (SSSR count). The van der Waals surface area contributed by atoms with Crippen molar-refractivity contribution in [1.29, 1.82) is 0 Å². The Morgan fingerprint density at radius 3 is 2.69 bits per heavy atom. The lowest BCUT2D eigenvalue weighted by Crippen LogP contribution is -2.60. The number of hydrogen-bond acceptors (Lipinski definition) is 8. The van der Waals surface area contributed by atoms with E-state index in [0.717, 1.165) is 21.6 Å². The van der Waals surface area contributed by atoms with Crippen LogP contribution in [0.3, 0.4) is 0 Å². The molecule has 2 saturated heterocycles. The number of fused-ring (bicyclic) bond motifs is 2. The number of thiophene rings is 1. The van der Waals surface area contributed by atoms with Gasteiger partial charge in [0.25, 0.3) is 10.0 Å². The Balaban J connectivity index is 1.39. The molecule has 10 nitrogen and oxygen atoms in total. The van der Waals surface area contributed by atoms with Crippen LogP contribution in [0.5, 0.6) is 0 Å². The van der Waals surface area contributed by atoms with Gasteiger partial charge in [-0.25, -0.2) is 18.2 Å². The van der Waals surface area contributed by atoms with Gasteiger partial charge in [0, 0.05) is 57.0 Å². The van der Waals surface area contributed by atoms with Gasteiger partial charge >= 0.3 is 6.03 Å². The highest BCUT2D eigenvalue weighted by Gasteiger charge is 2.42. The summed E-state index contributed by atoms with van der Waals surface area (Å²) >= 11 is 2.82. The number of carbonyl (C=O) groups excluding carboxylic acids is 2. The van der Waals surface area contributed by atoms with Gasteiger partial charge in [-0.05, 0) is 44.0 Å². The zero-order valence-corrected chi connectivity index (χ0v) is 24.9. The molecule has 0 saturated carbocycles. The third kappa shape index (κ3) is 5.28. The maximum atomic E-state index is 13.7. The predicted molar refractivity (Wildman–Crippen MR) is 155 cm³/mol. The third-order valence-corrected chi connectivity index (χ3v) is 12.2. The lowest BCUT2D eigenvalue weighted by atomic mass is 10.1. The average Bonchev–Trinajstić information content (AvgIpc) is 3.48. The molecule has 13 heteroatoms. The highest BCUT2D eigenvalue weighted by atomic mass is 32.2. The van der Waals surface area contributed by atoms with Gasteiger partial charge in [-0.1, -0.05) is 23.7 Å². The molecule has 2 aromatic rings. The molecular formula is C26H32N6O4S3. The van der Waals surface area contributed by atoms with Crippen LogP contribution in [0.15, 0.2) is 33.6 Å². The molecule has 3 aliphatic rings. The largest absolute Gasteiger partial charge is 0.349 e. The molecule has 0 N–H and O–H groups in total. The van der Waals surface area contributed by atoms with E-state index in [1.165, 1.54) is 25.6 Å². The quantitative estimate of drug-likeness (QED) is 0.510. The smallest absolute Gasteiger partial charge is 0.340 e. The number of thioether (sulfide) groups is 1. The maximum absolute atomic E-state index is 13.7. The SMILES string of the molecule is C#Cc1ccc2cc(S(=O)(=O)N3CCN(C(=O)N4CCC5C(=N4)SC(C)N5C)C(CC(=O)N(C)C)C3)sc2c1. The van der Waals surface area contributed by atoms with E-state index in [1.54, 1.807) is 49.0 Å². The summed E-state index contributed by atoms with van der Waals surface area (Å²) in [5, 5.41) is 8.16. The molecule has 3 unspecified atom stereocenters. The summed E-state index contributed by atoms with van der Waals surface area (Å²) < 4.78 is 29.8. The molecular weight excluding hydrogens is 557 g/mol. The van der Waals surface area contributed by atoms with Crippen LogP contribution in [-0.2, 0) is 14.8 Å². The van der Waals surface area contributed by atoms with Crippen LogP contribution < -0.4 is 0 Å². The molecule has 0 radical (unpaired) electrons. The van der Waals surface area contributed by atoms with E-state index in [0.29, 0.717) is 12.1 Å². The van der Waals surface area contributed by atoms with E-state index >= 15 is 0 Å². The summed E-state index contributed by atoms with van der Waals surface area (Å²) in [7, 11) is 1.53. The molecule has 4 heterocycles. The van der Waals surface area contributed by atoms with Crippen LogP contribution in [-0.4, -0.2) is 114 Å². The van der Waals surface area contributed by atoms with Crippen LogP contribution in [0.1, 0.15) is 25.3 Å². The standard InChI is InChI=1S/C26H32N6O4S3/c1-6-18-7-8-19-14-24(38-22(19)13-18)39(35,36)30-11-12-31(20(16-30)15-23(33)28(3)4)26(34)32-10-9-21-25(27-32)37-17(2)29(21)5/h1,7-8,13-14,17,20-21H,9-12,15-16H2,2-5H3. The van der Waals surface area contributed by atoms with Gasteiger partial charge in [-0.3, -0.25) is 9.69 Å². The molecule has 0 spiro atoms. The summed E-state index contributed by atoms with van der Waals surface area (Å²) in [5.74, 6) is 2.41. The number of hydrogen-bond donors (Lipinski definition) is 0. The van der Waals surface area contributed by atoms with Crippen LogP contribution >= 0.6 is 23.1 Å². The van der Waals surface area contributed by atoms with Gasteiger partial charge < -0.3 is 9.80 Å². The van der Waals surface area contributed by atoms with E-state index in [2.05, 4.69) is 29.9 Å². The Kier molecular flexibility index (Phi) is 7.69. The van der Waals surface area contributed by atoms with Crippen molar-refractivity contribution < 1.29 is 18.0 Å². The number of rotatable bonds is 4. The number of urea groups is 1. The fourth-order valence-electron chi connectivity index (χ4n) is 5.09. The van der Waals surface area contributed by atoms with Crippen molar-refractivity contribution in [2.75, 3.05) is 47.3 Å². The number of hydrazone groups is 1. The number of terminal acetylenes is 1. The van der Waals surface area contributed by atoms with E-state index in [9.17, 15) is 18.0 Å². The summed E-state index contributed by atoms with van der Waals surface area (Å²) in [4.78, 5) is 31.8. The van der Waals surface area contributed by atoms with Crippen molar-refractivity contribution in [3.63, 3.8) is 0 Å². The highest BCUT2D eigenvalue weighted by Crippen LogP contribution is 2.35. The van der Waals surface area contributed by atoms with E-state index in [4.69, 9.17) is 6.42 Å². The fraction of sp³-hybridized carbons (Fsp3) is 0.500. The van der Waals surface area contributed by atoms with Gasteiger partial charge in [0.15, 0.2) is 0 Å². The van der Waals surface area contributed by atoms with E-state index in [-0.39, 0.29) is 53.6 Å². The van der Waals surface area contributed by atoms with Gasteiger partial charge in [0.1, 0.15) is 9.25 Å². The van der Waals surface area contributed by atoms with Crippen LogP contribution in [0, 0.1) is 12.3 Å². The second kappa shape index (κ2) is 10.7. The van der Waals surface area contributed by atoms with Gasteiger partial charge in [0.05, 0.1) is 17.5 Å². The summed E-state index contributed by atoms with van der Waals surface area (Å²) in [6.07, 6.45) is 6.30. The number of nitrogens with zero attached hydrogens (tertiary/aromatic N) is 6. The number of amides is 3. The Hall–Kier alpha value is -2.63.